The van der Waals surface area contributed by atoms with Crippen molar-refractivity contribution in [1.29, 1.82) is 0 Å². The molecule has 0 atom stereocenters. The second kappa shape index (κ2) is 8.81. The summed E-state index contributed by atoms with van der Waals surface area (Å²) in [6.07, 6.45) is 6.66. The second-order valence-electron chi connectivity index (χ2n) is 3.64. The van der Waals surface area contributed by atoms with Crippen LogP contribution < -0.4 is 0 Å². The highest BCUT2D eigenvalue weighted by atomic mass is 79.9. The van der Waals surface area contributed by atoms with Crippen molar-refractivity contribution in [2.75, 3.05) is 6.61 Å². The normalized spacial score (nSPS) is 9.88. The first-order valence-electron chi connectivity index (χ1n) is 5.67. The quantitative estimate of drug-likeness (QED) is 0.617. The number of aliphatic hydroxyl groups excluding tert-OH is 1. The van der Waals surface area contributed by atoms with Gasteiger partial charge in [-0.15, -0.1) is 11.3 Å². The molecule has 1 aromatic heterocycles. The molecule has 1 heterocycles. The van der Waals surface area contributed by atoms with E-state index in [2.05, 4.69) is 27.8 Å². The highest BCUT2D eigenvalue weighted by Gasteiger charge is 1.94. The number of thiophene rings is 1. The molecule has 0 fully saturated rings. The maximum atomic E-state index is 8.61. The van der Waals surface area contributed by atoms with E-state index in [-0.39, 0.29) is 0 Å². The molecule has 88 valence electrons. The zero-order valence-corrected chi connectivity index (χ0v) is 11.7. The number of aliphatic hydroxyl groups is 1. The van der Waals surface area contributed by atoms with Gasteiger partial charge in [-0.3, -0.25) is 0 Å². The average molecular weight is 301 g/mol. The number of hydrogen-bond acceptors (Lipinski definition) is 2. The summed E-state index contributed by atoms with van der Waals surface area (Å²) in [7, 11) is 0. The van der Waals surface area contributed by atoms with E-state index in [1.807, 2.05) is 11.4 Å². The van der Waals surface area contributed by atoms with Crippen molar-refractivity contribution in [3.63, 3.8) is 0 Å². The van der Waals surface area contributed by atoms with Crippen LogP contribution in [-0.2, 0) is 0 Å². The molecular weight excluding hydrogens is 284 g/mol. The molecule has 16 heavy (non-hydrogen) atoms. The molecule has 1 rings (SSSR count). The van der Waals surface area contributed by atoms with E-state index in [1.165, 1.54) is 19.3 Å². The number of unbranched alkanes of at least 4 members (excludes halogenated alkanes) is 5. The Morgan fingerprint density at radius 3 is 2.62 bits per heavy atom. The van der Waals surface area contributed by atoms with E-state index in [1.54, 1.807) is 11.3 Å². The Labute approximate surface area is 110 Å². The minimum Gasteiger partial charge on any atom is -0.396 e. The first-order chi connectivity index (χ1) is 7.84. The standard InChI is InChI=1S/C13H17BrOS/c14-12-9-11-16-13(12)8-6-4-2-1-3-5-7-10-15/h9,11,15H,1-5,7,10H2. The van der Waals surface area contributed by atoms with E-state index in [0.717, 1.165) is 28.6 Å². The molecule has 0 spiro atoms. The van der Waals surface area contributed by atoms with Gasteiger partial charge in [0.1, 0.15) is 0 Å². The predicted molar refractivity (Wildman–Crippen MR) is 73.7 cm³/mol. The van der Waals surface area contributed by atoms with Gasteiger partial charge >= 0.3 is 0 Å². The minimum atomic E-state index is 0.326. The molecule has 0 aliphatic carbocycles. The summed E-state index contributed by atoms with van der Waals surface area (Å²) >= 11 is 5.14. The predicted octanol–water partition coefficient (Wildman–Crippen LogP) is 4.20. The molecule has 0 unspecified atom stereocenters. The fraction of sp³-hybridized carbons (Fsp3) is 0.538. The molecule has 3 heteroatoms. The molecule has 0 radical (unpaired) electrons. The number of rotatable bonds is 6. The Hall–Kier alpha value is -0.300. The maximum Gasteiger partial charge on any atom is 0.0910 e. The van der Waals surface area contributed by atoms with Crippen LogP contribution in [0.3, 0.4) is 0 Å². The van der Waals surface area contributed by atoms with Crippen LogP contribution in [0.4, 0.5) is 0 Å². The first kappa shape index (κ1) is 13.8. The molecule has 0 amide bonds. The molecule has 0 bridgehead atoms. The van der Waals surface area contributed by atoms with Crippen molar-refractivity contribution < 1.29 is 5.11 Å². The lowest BCUT2D eigenvalue weighted by Crippen LogP contribution is -1.83. The van der Waals surface area contributed by atoms with Gasteiger partial charge < -0.3 is 5.11 Å². The summed E-state index contributed by atoms with van der Waals surface area (Å²) < 4.78 is 1.10. The summed E-state index contributed by atoms with van der Waals surface area (Å²) in [5, 5.41) is 10.7. The Kier molecular flexibility index (Phi) is 7.58. The SMILES string of the molecule is OCCCCCCCC#Cc1sccc1Br. The van der Waals surface area contributed by atoms with E-state index in [4.69, 9.17) is 5.11 Å². The molecule has 0 aliphatic heterocycles. The van der Waals surface area contributed by atoms with Crippen molar-refractivity contribution in [3.05, 3.63) is 20.8 Å². The maximum absolute atomic E-state index is 8.61. The zero-order chi connectivity index (χ0) is 11.6. The molecular formula is C13H17BrOS. The Bertz CT molecular complexity index is 348. The van der Waals surface area contributed by atoms with Crippen LogP contribution in [0.2, 0.25) is 0 Å². The summed E-state index contributed by atoms with van der Waals surface area (Å²) in [5.74, 6) is 6.38. The van der Waals surface area contributed by atoms with Gasteiger partial charge in [-0.25, -0.2) is 0 Å². The van der Waals surface area contributed by atoms with E-state index >= 15 is 0 Å². The molecule has 1 aromatic rings. The van der Waals surface area contributed by atoms with Crippen LogP contribution in [0.1, 0.15) is 43.4 Å². The Balaban J connectivity index is 2.07. The smallest absolute Gasteiger partial charge is 0.0910 e. The minimum absolute atomic E-state index is 0.326. The summed E-state index contributed by atoms with van der Waals surface area (Å²) in [6.45, 7) is 0.326. The van der Waals surface area contributed by atoms with Crippen molar-refractivity contribution in [2.45, 2.75) is 38.5 Å². The fourth-order valence-electron chi connectivity index (χ4n) is 1.38. The molecule has 0 aliphatic rings. The second-order valence-corrected chi connectivity index (χ2v) is 5.41. The first-order valence-corrected chi connectivity index (χ1v) is 7.34. The van der Waals surface area contributed by atoms with Crippen LogP contribution in [0.5, 0.6) is 0 Å². The Morgan fingerprint density at radius 1 is 1.19 bits per heavy atom. The highest BCUT2D eigenvalue weighted by Crippen LogP contribution is 2.21. The van der Waals surface area contributed by atoms with Crippen molar-refractivity contribution in [1.82, 2.24) is 0 Å². The molecule has 1 nitrogen and oxygen atoms in total. The summed E-state index contributed by atoms with van der Waals surface area (Å²) in [4.78, 5) is 1.13. The number of halogens is 1. The van der Waals surface area contributed by atoms with Gasteiger partial charge in [0.2, 0.25) is 0 Å². The van der Waals surface area contributed by atoms with Gasteiger partial charge in [-0.2, -0.15) is 0 Å². The third-order valence-electron chi connectivity index (χ3n) is 2.28. The lowest BCUT2D eigenvalue weighted by molar-refractivity contribution is 0.282. The van der Waals surface area contributed by atoms with Crippen LogP contribution in [0, 0.1) is 11.8 Å². The van der Waals surface area contributed by atoms with Crippen LogP contribution in [0.15, 0.2) is 15.9 Å². The Morgan fingerprint density at radius 2 is 1.94 bits per heavy atom. The fourth-order valence-corrected chi connectivity index (χ4v) is 2.72. The van der Waals surface area contributed by atoms with E-state index in [0.29, 0.717) is 6.61 Å². The van der Waals surface area contributed by atoms with Gasteiger partial charge in [-0.05, 0) is 40.2 Å². The van der Waals surface area contributed by atoms with E-state index in [9.17, 15) is 0 Å². The average Bonchev–Trinajstić information content (AvgIpc) is 2.68. The molecule has 0 aromatic carbocycles. The van der Waals surface area contributed by atoms with Gasteiger partial charge in [0.25, 0.3) is 0 Å². The largest absolute Gasteiger partial charge is 0.396 e. The van der Waals surface area contributed by atoms with Crippen molar-refractivity contribution >= 4 is 27.3 Å². The lowest BCUT2D eigenvalue weighted by Gasteiger charge is -1.96. The van der Waals surface area contributed by atoms with Crippen molar-refractivity contribution in [2.24, 2.45) is 0 Å². The lowest BCUT2D eigenvalue weighted by atomic mass is 10.1. The van der Waals surface area contributed by atoms with Crippen molar-refractivity contribution in [3.8, 4) is 11.8 Å². The number of hydrogen-bond donors (Lipinski definition) is 1. The zero-order valence-electron chi connectivity index (χ0n) is 9.34. The van der Waals surface area contributed by atoms with Gasteiger partial charge in [0, 0.05) is 17.5 Å². The van der Waals surface area contributed by atoms with Gasteiger partial charge in [0.05, 0.1) is 4.88 Å². The molecule has 0 saturated carbocycles. The third kappa shape index (κ3) is 5.69. The molecule has 1 N–H and O–H groups in total. The monoisotopic (exact) mass is 300 g/mol. The summed E-state index contributed by atoms with van der Waals surface area (Å²) in [6, 6.07) is 2.03. The van der Waals surface area contributed by atoms with Crippen LogP contribution >= 0.6 is 27.3 Å². The van der Waals surface area contributed by atoms with Gasteiger partial charge in [-0.1, -0.05) is 31.1 Å². The summed E-state index contributed by atoms with van der Waals surface area (Å²) in [5.41, 5.74) is 0. The molecule has 0 saturated heterocycles. The van der Waals surface area contributed by atoms with Gasteiger partial charge in [0.15, 0.2) is 0 Å². The topological polar surface area (TPSA) is 20.2 Å². The van der Waals surface area contributed by atoms with Crippen LogP contribution in [0.25, 0.3) is 0 Å². The highest BCUT2D eigenvalue weighted by molar-refractivity contribution is 9.10. The third-order valence-corrected chi connectivity index (χ3v) is 4.03. The van der Waals surface area contributed by atoms with E-state index < -0.39 is 0 Å². The van der Waals surface area contributed by atoms with Crippen LogP contribution in [-0.4, -0.2) is 11.7 Å².